The van der Waals surface area contributed by atoms with Gasteiger partial charge in [-0.15, -0.1) is 0 Å². The smallest absolute Gasteiger partial charge is 0.169 e. The minimum atomic E-state index is 0.296. The standard InChI is InChI=1S/C19H24N2O/c20-13-3-1-2-4-14-21-15-11-18(12-16-21)6-5-17-7-9-19(22)10-8-17/h5-12,15-16H,1-4,13-14,20H2/p+1. The number of aromatic hydroxyl groups is 1. The summed E-state index contributed by atoms with van der Waals surface area (Å²) in [6.45, 7) is 1.86. The zero-order valence-corrected chi connectivity index (χ0v) is 13.0. The molecule has 2 aromatic rings. The number of nitrogens with two attached hydrogens (primary N) is 1. The number of hydrogen-bond donors (Lipinski definition) is 2. The number of phenolic OH excluding ortho intramolecular Hbond substituents is 1. The lowest BCUT2D eigenvalue weighted by atomic mass is 10.1. The molecule has 1 aromatic carbocycles. The van der Waals surface area contributed by atoms with Crippen molar-refractivity contribution >= 4 is 12.2 Å². The van der Waals surface area contributed by atoms with Crippen LogP contribution in [0.4, 0.5) is 0 Å². The molecule has 0 aliphatic rings. The van der Waals surface area contributed by atoms with Crippen molar-refractivity contribution in [1.82, 2.24) is 0 Å². The van der Waals surface area contributed by atoms with E-state index >= 15 is 0 Å². The molecule has 1 aromatic heterocycles. The average molecular weight is 297 g/mol. The molecule has 22 heavy (non-hydrogen) atoms. The van der Waals surface area contributed by atoms with Crippen LogP contribution in [0.1, 0.15) is 36.8 Å². The third-order valence-electron chi connectivity index (χ3n) is 3.65. The fourth-order valence-electron chi connectivity index (χ4n) is 2.30. The second-order valence-corrected chi connectivity index (χ2v) is 5.50. The molecule has 116 valence electrons. The average Bonchev–Trinajstić information content (AvgIpc) is 2.55. The maximum atomic E-state index is 9.26. The van der Waals surface area contributed by atoms with Crippen molar-refractivity contribution < 1.29 is 9.67 Å². The molecular formula is C19H25N2O+. The van der Waals surface area contributed by atoms with E-state index in [1.165, 1.54) is 24.8 Å². The van der Waals surface area contributed by atoms with Crippen molar-refractivity contribution in [2.24, 2.45) is 5.73 Å². The first kappa shape index (κ1) is 16.2. The zero-order valence-electron chi connectivity index (χ0n) is 13.0. The highest BCUT2D eigenvalue weighted by atomic mass is 16.3. The van der Waals surface area contributed by atoms with E-state index in [1.807, 2.05) is 18.2 Å². The summed E-state index contributed by atoms with van der Waals surface area (Å²) < 4.78 is 2.22. The molecule has 0 radical (unpaired) electrons. The predicted molar refractivity (Wildman–Crippen MR) is 91.2 cm³/mol. The van der Waals surface area contributed by atoms with E-state index in [-0.39, 0.29) is 0 Å². The van der Waals surface area contributed by atoms with Gasteiger partial charge in [0.1, 0.15) is 12.3 Å². The SMILES string of the molecule is NCCCCCC[n+]1ccc(/C=C/c2ccc(O)cc2)cc1. The van der Waals surface area contributed by atoms with E-state index in [2.05, 4.69) is 35.2 Å². The number of pyridine rings is 1. The molecule has 0 atom stereocenters. The van der Waals surface area contributed by atoms with Crippen molar-refractivity contribution in [1.29, 1.82) is 0 Å². The van der Waals surface area contributed by atoms with Gasteiger partial charge in [0.15, 0.2) is 12.4 Å². The maximum Gasteiger partial charge on any atom is 0.169 e. The fourth-order valence-corrected chi connectivity index (χ4v) is 2.30. The fraction of sp³-hybridized carbons (Fsp3) is 0.316. The molecule has 0 spiro atoms. The Bertz CT molecular complexity index is 573. The van der Waals surface area contributed by atoms with Crippen LogP contribution < -0.4 is 10.3 Å². The monoisotopic (exact) mass is 297 g/mol. The summed E-state index contributed by atoms with van der Waals surface area (Å²) >= 11 is 0. The van der Waals surface area contributed by atoms with Gasteiger partial charge in [0, 0.05) is 18.6 Å². The van der Waals surface area contributed by atoms with Crippen LogP contribution in [0.25, 0.3) is 12.2 Å². The Hall–Kier alpha value is -2.13. The van der Waals surface area contributed by atoms with Crippen molar-refractivity contribution in [3.8, 4) is 5.75 Å². The van der Waals surface area contributed by atoms with Crippen LogP contribution in [0.3, 0.4) is 0 Å². The first-order valence-electron chi connectivity index (χ1n) is 7.94. The highest BCUT2D eigenvalue weighted by Gasteiger charge is 1.99. The molecule has 0 unspecified atom stereocenters. The summed E-state index contributed by atoms with van der Waals surface area (Å²) in [5.74, 6) is 0.296. The lowest BCUT2D eigenvalue weighted by molar-refractivity contribution is -0.697. The number of nitrogens with zero attached hydrogens (tertiary/aromatic N) is 1. The van der Waals surface area contributed by atoms with E-state index in [1.54, 1.807) is 12.1 Å². The van der Waals surface area contributed by atoms with Gasteiger partial charge in [-0.3, -0.25) is 0 Å². The van der Waals surface area contributed by atoms with Gasteiger partial charge in [0.05, 0.1) is 0 Å². The Balaban J connectivity index is 1.82. The molecule has 3 nitrogen and oxygen atoms in total. The zero-order chi connectivity index (χ0) is 15.6. The van der Waals surface area contributed by atoms with Crippen LogP contribution in [-0.4, -0.2) is 11.7 Å². The Morgan fingerprint density at radius 1 is 0.818 bits per heavy atom. The van der Waals surface area contributed by atoms with Crippen molar-refractivity contribution in [2.45, 2.75) is 32.2 Å². The molecule has 0 fully saturated rings. The highest BCUT2D eigenvalue weighted by Crippen LogP contribution is 2.12. The van der Waals surface area contributed by atoms with E-state index in [0.717, 1.165) is 25.1 Å². The van der Waals surface area contributed by atoms with Crippen LogP contribution in [0, 0.1) is 0 Å². The normalized spacial score (nSPS) is 11.1. The van der Waals surface area contributed by atoms with Crippen LogP contribution in [-0.2, 0) is 6.54 Å². The van der Waals surface area contributed by atoms with E-state index in [9.17, 15) is 5.11 Å². The summed E-state index contributed by atoms with van der Waals surface area (Å²) in [5.41, 5.74) is 7.74. The second-order valence-electron chi connectivity index (χ2n) is 5.50. The molecule has 3 N–H and O–H groups in total. The Kier molecular flexibility index (Phi) is 6.65. The third-order valence-corrected chi connectivity index (χ3v) is 3.65. The molecule has 0 bridgehead atoms. The molecule has 0 saturated heterocycles. The number of aromatic nitrogens is 1. The minimum Gasteiger partial charge on any atom is -0.508 e. The highest BCUT2D eigenvalue weighted by molar-refractivity contribution is 5.69. The van der Waals surface area contributed by atoms with Gasteiger partial charge < -0.3 is 10.8 Å². The first-order chi connectivity index (χ1) is 10.8. The second kappa shape index (κ2) is 9.00. The molecule has 0 aliphatic carbocycles. The molecule has 0 saturated carbocycles. The predicted octanol–water partition coefficient (Wildman–Crippen LogP) is 3.37. The lowest BCUT2D eigenvalue weighted by Gasteiger charge is -1.99. The van der Waals surface area contributed by atoms with Crippen LogP contribution in [0.15, 0.2) is 48.8 Å². The van der Waals surface area contributed by atoms with Gasteiger partial charge >= 0.3 is 0 Å². The largest absolute Gasteiger partial charge is 0.508 e. The summed E-state index contributed by atoms with van der Waals surface area (Å²) in [7, 11) is 0. The third kappa shape index (κ3) is 5.70. The molecule has 0 amide bonds. The van der Waals surface area contributed by atoms with Gasteiger partial charge in [0.25, 0.3) is 0 Å². The molecule has 1 heterocycles. The van der Waals surface area contributed by atoms with Crippen molar-refractivity contribution in [2.75, 3.05) is 6.54 Å². The number of rotatable bonds is 8. The van der Waals surface area contributed by atoms with Crippen LogP contribution in [0.2, 0.25) is 0 Å². The first-order valence-corrected chi connectivity index (χ1v) is 7.94. The summed E-state index contributed by atoms with van der Waals surface area (Å²) in [6, 6.07) is 11.4. The Morgan fingerprint density at radius 3 is 2.05 bits per heavy atom. The molecular weight excluding hydrogens is 272 g/mol. The van der Waals surface area contributed by atoms with Gasteiger partial charge in [-0.2, -0.15) is 0 Å². The summed E-state index contributed by atoms with van der Waals surface area (Å²) in [4.78, 5) is 0. The van der Waals surface area contributed by atoms with E-state index in [4.69, 9.17) is 5.73 Å². The van der Waals surface area contributed by atoms with Gasteiger partial charge in [-0.25, -0.2) is 4.57 Å². The Labute approximate surface area is 132 Å². The van der Waals surface area contributed by atoms with Crippen LogP contribution >= 0.6 is 0 Å². The quantitative estimate of drug-likeness (QED) is 0.580. The topological polar surface area (TPSA) is 50.1 Å². The maximum absolute atomic E-state index is 9.26. The van der Waals surface area contributed by atoms with Gasteiger partial charge in [-0.1, -0.05) is 30.7 Å². The van der Waals surface area contributed by atoms with Gasteiger partial charge in [0.2, 0.25) is 0 Å². The van der Waals surface area contributed by atoms with Crippen LogP contribution in [0.5, 0.6) is 5.75 Å². The minimum absolute atomic E-state index is 0.296. The number of hydrogen-bond acceptors (Lipinski definition) is 2. The number of unbranched alkanes of at least 4 members (excludes halogenated alkanes) is 3. The van der Waals surface area contributed by atoms with Gasteiger partial charge in [-0.05, 0) is 42.6 Å². The molecule has 2 rings (SSSR count). The number of phenols is 1. The van der Waals surface area contributed by atoms with E-state index < -0.39 is 0 Å². The summed E-state index contributed by atoms with van der Waals surface area (Å²) in [5, 5.41) is 9.26. The summed E-state index contributed by atoms with van der Waals surface area (Å²) in [6.07, 6.45) is 13.2. The lowest BCUT2D eigenvalue weighted by Crippen LogP contribution is -2.32. The van der Waals surface area contributed by atoms with Crippen molar-refractivity contribution in [3.05, 3.63) is 59.9 Å². The van der Waals surface area contributed by atoms with E-state index in [0.29, 0.717) is 5.75 Å². The van der Waals surface area contributed by atoms with Crippen molar-refractivity contribution in [3.63, 3.8) is 0 Å². The number of aryl methyl sites for hydroxylation is 1. The number of benzene rings is 1. The molecule has 0 aliphatic heterocycles. The Morgan fingerprint density at radius 2 is 1.41 bits per heavy atom. The molecule has 3 heteroatoms.